The second-order valence-corrected chi connectivity index (χ2v) is 5.08. The van der Waals surface area contributed by atoms with Gasteiger partial charge in [0.1, 0.15) is 5.75 Å². The summed E-state index contributed by atoms with van der Waals surface area (Å²) in [5, 5.41) is 8.95. The third-order valence-corrected chi connectivity index (χ3v) is 2.90. The van der Waals surface area contributed by atoms with Gasteiger partial charge in [-0.05, 0) is 58.5 Å². The lowest BCUT2D eigenvalue weighted by Gasteiger charge is -2.24. The normalized spacial score (nSPS) is 13.1. The zero-order chi connectivity index (χ0) is 13.5. The zero-order valence-electron chi connectivity index (χ0n) is 11.9. The monoisotopic (exact) mass is 251 g/mol. The summed E-state index contributed by atoms with van der Waals surface area (Å²) in [6, 6.07) is 8.61. The van der Waals surface area contributed by atoms with Crippen LogP contribution in [0.4, 0.5) is 0 Å². The van der Waals surface area contributed by atoms with E-state index in [1.54, 1.807) is 0 Å². The average molecular weight is 251 g/mol. The van der Waals surface area contributed by atoms with E-state index in [9.17, 15) is 0 Å². The van der Waals surface area contributed by atoms with E-state index < -0.39 is 0 Å². The molecule has 1 unspecified atom stereocenters. The first-order valence-corrected chi connectivity index (χ1v) is 6.58. The molecule has 0 aliphatic rings. The maximum absolute atomic E-state index is 8.95. The maximum Gasteiger partial charge on any atom is 0.119 e. The number of benzene rings is 1. The summed E-state index contributed by atoms with van der Waals surface area (Å²) in [7, 11) is 4.14. The van der Waals surface area contributed by atoms with Crippen molar-refractivity contribution in [2.24, 2.45) is 0 Å². The second kappa shape index (κ2) is 7.39. The Labute approximate surface area is 110 Å². The summed E-state index contributed by atoms with van der Waals surface area (Å²) in [6.45, 7) is 4.30. The summed E-state index contributed by atoms with van der Waals surface area (Å²) in [4.78, 5) is 2.19. The molecule has 1 rings (SSSR count). The van der Waals surface area contributed by atoms with E-state index in [2.05, 4.69) is 31.1 Å². The lowest BCUT2D eigenvalue weighted by molar-refractivity contribution is 0.233. The van der Waals surface area contributed by atoms with E-state index in [-0.39, 0.29) is 12.7 Å². The minimum absolute atomic E-state index is 0.204. The van der Waals surface area contributed by atoms with Crippen molar-refractivity contribution in [3.8, 4) is 5.75 Å². The van der Waals surface area contributed by atoms with Crippen LogP contribution in [0.3, 0.4) is 0 Å². The van der Waals surface area contributed by atoms with Crippen LogP contribution in [-0.2, 0) is 0 Å². The van der Waals surface area contributed by atoms with Crippen LogP contribution in [0, 0.1) is 0 Å². The fraction of sp³-hybridized carbons (Fsp3) is 0.600. The van der Waals surface area contributed by atoms with Crippen LogP contribution in [0.2, 0.25) is 0 Å². The quantitative estimate of drug-likeness (QED) is 0.809. The Bertz CT molecular complexity index is 333. The molecule has 0 aliphatic heterocycles. The van der Waals surface area contributed by atoms with Gasteiger partial charge in [0.05, 0.1) is 6.10 Å². The molecule has 0 aromatic heterocycles. The van der Waals surface area contributed by atoms with Gasteiger partial charge in [0.15, 0.2) is 0 Å². The van der Waals surface area contributed by atoms with Crippen LogP contribution in [0.5, 0.6) is 5.75 Å². The van der Waals surface area contributed by atoms with Gasteiger partial charge in [-0.25, -0.2) is 0 Å². The molecule has 18 heavy (non-hydrogen) atoms. The highest BCUT2D eigenvalue weighted by molar-refractivity contribution is 5.29. The van der Waals surface area contributed by atoms with Crippen molar-refractivity contribution in [1.29, 1.82) is 0 Å². The summed E-state index contributed by atoms with van der Waals surface area (Å²) < 4.78 is 5.64. The molecule has 0 amide bonds. The number of ether oxygens (including phenoxy) is 1. The standard InChI is InChI=1S/C15H25NO2/c1-12(2)18-14-9-7-13(8-10-14)15(16(3)4)6-5-11-17/h7-10,12,15,17H,5-6,11H2,1-4H3. The number of nitrogens with zero attached hydrogens (tertiary/aromatic N) is 1. The van der Waals surface area contributed by atoms with Crippen LogP contribution in [-0.4, -0.2) is 36.8 Å². The molecule has 0 bridgehead atoms. The number of rotatable bonds is 7. The molecule has 1 N–H and O–H groups in total. The van der Waals surface area contributed by atoms with Crippen LogP contribution >= 0.6 is 0 Å². The number of aliphatic hydroxyl groups is 1. The predicted molar refractivity (Wildman–Crippen MR) is 75.0 cm³/mol. The van der Waals surface area contributed by atoms with Gasteiger partial charge in [-0.3, -0.25) is 0 Å². The molecule has 1 aromatic rings. The molecule has 0 heterocycles. The Hall–Kier alpha value is -1.06. The Balaban J connectivity index is 2.73. The lowest BCUT2D eigenvalue weighted by Crippen LogP contribution is -2.20. The third kappa shape index (κ3) is 4.67. The number of aliphatic hydroxyl groups excluding tert-OH is 1. The van der Waals surface area contributed by atoms with Gasteiger partial charge < -0.3 is 14.7 Å². The van der Waals surface area contributed by atoms with Gasteiger partial charge in [0, 0.05) is 12.6 Å². The Morgan fingerprint density at radius 2 is 1.78 bits per heavy atom. The van der Waals surface area contributed by atoms with Gasteiger partial charge >= 0.3 is 0 Å². The molecule has 0 aliphatic carbocycles. The van der Waals surface area contributed by atoms with Gasteiger partial charge in [0.2, 0.25) is 0 Å². The van der Waals surface area contributed by atoms with Crippen molar-refractivity contribution in [2.75, 3.05) is 20.7 Å². The Morgan fingerprint density at radius 3 is 2.22 bits per heavy atom. The third-order valence-electron chi connectivity index (χ3n) is 2.90. The molecular weight excluding hydrogens is 226 g/mol. The molecule has 102 valence electrons. The summed E-state index contributed by atoms with van der Waals surface area (Å²) in [6.07, 6.45) is 2.00. The van der Waals surface area contributed by atoms with Gasteiger partial charge in [-0.2, -0.15) is 0 Å². The molecule has 1 atom stereocenters. The topological polar surface area (TPSA) is 32.7 Å². The SMILES string of the molecule is CC(C)Oc1ccc(C(CCCO)N(C)C)cc1. The highest BCUT2D eigenvalue weighted by atomic mass is 16.5. The first-order valence-electron chi connectivity index (χ1n) is 6.58. The minimum atomic E-state index is 0.204. The van der Waals surface area contributed by atoms with Crippen LogP contribution in [0.25, 0.3) is 0 Å². The lowest BCUT2D eigenvalue weighted by atomic mass is 10.0. The Morgan fingerprint density at radius 1 is 1.17 bits per heavy atom. The van der Waals surface area contributed by atoms with E-state index in [1.165, 1.54) is 5.56 Å². The molecule has 0 saturated heterocycles. The van der Waals surface area contributed by atoms with Crippen molar-refractivity contribution in [3.05, 3.63) is 29.8 Å². The van der Waals surface area contributed by atoms with E-state index in [0.29, 0.717) is 6.04 Å². The molecule has 3 nitrogen and oxygen atoms in total. The molecule has 0 radical (unpaired) electrons. The highest BCUT2D eigenvalue weighted by Gasteiger charge is 2.13. The Kier molecular flexibility index (Phi) is 6.16. The highest BCUT2D eigenvalue weighted by Crippen LogP contribution is 2.25. The van der Waals surface area contributed by atoms with Gasteiger partial charge in [-0.15, -0.1) is 0 Å². The second-order valence-electron chi connectivity index (χ2n) is 5.08. The van der Waals surface area contributed by atoms with Crippen molar-refractivity contribution in [3.63, 3.8) is 0 Å². The van der Waals surface area contributed by atoms with E-state index in [1.807, 2.05) is 26.0 Å². The van der Waals surface area contributed by atoms with Crippen molar-refractivity contribution in [1.82, 2.24) is 4.90 Å². The first-order chi connectivity index (χ1) is 8.54. The van der Waals surface area contributed by atoms with Crippen molar-refractivity contribution >= 4 is 0 Å². The first kappa shape index (κ1) is 15.0. The smallest absolute Gasteiger partial charge is 0.119 e. The molecule has 1 aromatic carbocycles. The van der Waals surface area contributed by atoms with Gasteiger partial charge in [-0.1, -0.05) is 12.1 Å². The average Bonchev–Trinajstić information content (AvgIpc) is 2.30. The van der Waals surface area contributed by atoms with Crippen LogP contribution < -0.4 is 4.74 Å². The number of hydrogen-bond acceptors (Lipinski definition) is 3. The summed E-state index contributed by atoms with van der Waals surface area (Å²) in [5.41, 5.74) is 1.27. The van der Waals surface area contributed by atoms with Crippen LogP contribution in [0.1, 0.15) is 38.3 Å². The molecule has 0 spiro atoms. The maximum atomic E-state index is 8.95. The molecule has 3 heteroatoms. The minimum Gasteiger partial charge on any atom is -0.491 e. The van der Waals surface area contributed by atoms with Crippen molar-refractivity contribution in [2.45, 2.75) is 38.8 Å². The summed E-state index contributed by atoms with van der Waals surface area (Å²) in [5.74, 6) is 0.911. The van der Waals surface area contributed by atoms with E-state index >= 15 is 0 Å². The van der Waals surface area contributed by atoms with E-state index in [4.69, 9.17) is 9.84 Å². The van der Waals surface area contributed by atoms with Crippen LogP contribution in [0.15, 0.2) is 24.3 Å². The van der Waals surface area contributed by atoms with Gasteiger partial charge in [0.25, 0.3) is 0 Å². The molecule has 0 fully saturated rings. The fourth-order valence-corrected chi connectivity index (χ4v) is 2.05. The van der Waals surface area contributed by atoms with Crippen molar-refractivity contribution < 1.29 is 9.84 Å². The van der Waals surface area contributed by atoms with E-state index in [0.717, 1.165) is 18.6 Å². The summed E-state index contributed by atoms with van der Waals surface area (Å²) >= 11 is 0. The molecular formula is C15H25NO2. The molecule has 0 saturated carbocycles. The zero-order valence-corrected chi connectivity index (χ0v) is 11.9. The number of hydrogen-bond donors (Lipinski definition) is 1. The largest absolute Gasteiger partial charge is 0.491 e. The predicted octanol–water partition coefficient (Wildman–Crippen LogP) is 2.85. The fourth-order valence-electron chi connectivity index (χ4n) is 2.05.